The molecule has 1 aromatic heterocycles. The average molecular weight is 236 g/mol. The molecule has 2 heterocycles. The zero-order valence-corrected chi connectivity index (χ0v) is 10.0. The molecule has 0 fully saturated rings. The third-order valence-corrected chi connectivity index (χ3v) is 2.62. The van der Waals surface area contributed by atoms with E-state index in [9.17, 15) is 4.79 Å². The summed E-state index contributed by atoms with van der Waals surface area (Å²) in [4.78, 5) is 16.0. The summed E-state index contributed by atoms with van der Waals surface area (Å²) in [6, 6.07) is 1.88. The first-order valence-electron chi connectivity index (χ1n) is 5.62. The Bertz CT molecular complexity index is 420. The minimum absolute atomic E-state index is 0.0801. The monoisotopic (exact) mass is 236 g/mol. The molecule has 1 aliphatic heterocycles. The number of fused-ring (bicyclic) bond motifs is 1. The van der Waals surface area contributed by atoms with Crippen LogP contribution in [0, 0.1) is 0 Å². The summed E-state index contributed by atoms with van der Waals surface area (Å²) in [6.45, 7) is 2.93. The van der Waals surface area contributed by atoms with Gasteiger partial charge in [0.1, 0.15) is 12.4 Å². The lowest BCUT2D eigenvalue weighted by atomic mass is 10.0. The molecule has 17 heavy (non-hydrogen) atoms. The van der Waals surface area contributed by atoms with Gasteiger partial charge in [-0.2, -0.15) is 0 Å². The van der Waals surface area contributed by atoms with E-state index < -0.39 is 0 Å². The lowest BCUT2D eigenvalue weighted by Crippen LogP contribution is -2.39. The Balaban J connectivity index is 2.13. The SMILES string of the molecule is COCCOc1cnc2c(c1)C(=O)NC(C)C2. The molecule has 0 aromatic carbocycles. The van der Waals surface area contributed by atoms with Gasteiger partial charge in [-0.15, -0.1) is 0 Å². The number of rotatable bonds is 4. The van der Waals surface area contributed by atoms with Gasteiger partial charge in [-0.05, 0) is 13.0 Å². The zero-order valence-electron chi connectivity index (χ0n) is 10.0. The quantitative estimate of drug-likeness (QED) is 0.785. The number of ether oxygens (including phenoxy) is 2. The van der Waals surface area contributed by atoms with E-state index in [1.165, 1.54) is 0 Å². The molecule has 1 aliphatic rings. The van der Waals surface area contributed by atoms with Crippen molar-refractivity contribution in [1.29, 1.82) is 0 Å². The van der Waals surface area contributed by atoms with Crippen molar-refractivity contribution in [2.24, 2.45) is 0 Å². The van der Waals surface area contributed by atoms with Crippen LogP contribution >= 0.6 is 0 Å². The third kappa shape index (κ3) is 2.74. The first kappa shape index (κ1) is 11.9. The molecular weight excluding hydrogens is 220 g/mol. The number of carbonyl (C=O) groups excluding carboxylic acids is 1. The van der Waals surface area contributed by atoms with Crippen molar-refractivity contribution in [3.05, 3.63) is 23.5 Å². The molecule has 1 unspecified atom stereocenters. The molecule has 5 heteroatoms. The second kappa shape index (κ2) is 5.14. The van der Waals surface area contributed by atoms with Crippen molar-refractivity contribution in [3.63, 3.8) is 0 Å². The number of pyridine rings is 1. The smallest absolute Gasteiger partial charge is 0.253 e. The Morgan fingerprint density at radius 3 is 3.12 bits per heavy atom. The fourth-order valence-electron chi connectivity index (χ4n) is 1.80. The molecule has 0 radical (unpaired) electrons. The first-order valence-corrected chi connectivity index (χ1v) is 5.62. The van der Waals surface area contributed by atoms with Crippen molar-refractivity contribution in [1.82, 2.24) is 10.3 Å². The van der Waals surface area contributed by atoms with Crippen LogP contribution < -0.4 is 10.1 Å². The summed E-state index contributed by atoms with van der Waals surface area (Å²) in [5.74, 6) is 0.522. The number of aromatic nitrogens is 1. The van der Waals surface area contributed by atoms with Crippen molar-refractivity contribution in [2.75, 3.05) is 20.3 Å². The number of hydrogen-bond donors (Lipinski definition) is 1. The van der Waals surface area contributed by atoms with Gasteiger partial charge in [-0.1, -0.05) is 0 Å². The molecule has 92 valence electrons. The molecule has 0 aliphatic carbocycles. The second-order valence-electron chi connectivity index (χ2n) is 4.09. The molecule has 1 atom stereocenters. The van der Waals surface area contributed by atoms with Crippen LogP contribution in [0.3, 0.4) is 0 Å². The van der Waals surface area contributed by atoms with Crippen molar-refractivity contribution >= 4 is 5.91 Å². The van der Waals surface area contributed by atoms with Crippen LogP contribution in [0.2, 0.25) is 0 Å². The maximum atomic E-state index is 11.7. The Hall–Kier alpha value is -1.62. The fraction of sp³-hybridized carbons (Fsp3) is 0.500. The number of amides is 1. The summed E-state index contributed by atoms with van der Waals surface area (Å²) in [7, 11) is 1.61. The number of hydrogen-bond acceptors (Lipinski definition) is 4. The second-order valence-corrected chi connectivity index (χ2v) is 4.09. The maximum absolute atomic E-state index is 11.7. The number of nitrogens with one attached hydrogen (secondary N) is 1. The van der Waals surface area contributed by atoms with E-state index in [1.54, 1.807) is 19.4 Å². The van der Waals surface area contributed by atoms with Crippen LogP contribution in [-0.2, 0) is 11.2 Å². The van der Waals surface area contributed by atoms with Crippen molar-refractivity contribution in [3.8, 4) is 5.75 Å². The van der Waals surface area contributed by atoms with Crippen LogP contribution in [0.4, 0.5) is 0 Å². The topological polar surface area (TPSA) is 60.5 Å². The van der Waals surface area contributed by atoms with E-state index in [2.05, 4.69) is 10.3 Å². The lowest BCUT2D eigenvalue weighted by molar-refractivity contribution is 0.0927. The van der Waals surface area contributed by atoms with Gasteiger partial charge in [0.15, 0.2) is 0 Å². The molecule has 1 N–H and O–H groups in total. The van der Waals surface area contributed by atoms with Crippen LogP contribution in [-0.4, -0.2) is 37.3 Å². The highest BCUT2D eigenvalue weighted by molar-refractivity contribution is 5.96. The molecule has 0 saturated carbocycles. The van der Waals surface area contributed by atoms with E-state index in [1.807, 2.05) is 6.92 Å². The minimum Gasteiger partial charge on any atom is -0.490 e. The highest BCUT2D eigenvalue weighted by Crippen LogP contribution is 2.19. The van der Waals surface area contributed by atoms with Gasteiger partial charge < -0.3 is 14.8 Å². The van der Waals surface area contributed by atoms with Crippen LogP contribution in [0.25, 0.3) is 0 Å². The molecule has 5 nitrogen and oxygen atoms in total. The van der Waals surface area contributed by atoms with Gasteiger partial charge in [0, 0.05) is 19.6 Å². The molecule has 1 aromatic rings. The Morgan fingerprint density at radius 2 is 2.35 bits per heavy atom. The molecule has 1 amide bonds. The summed E-state index contributed by atoms with van der Waals surface area (Å²) >= 11 is 0. The van der Waals surface area contributed by atoms with Gasteiger partial charge in [0.25, 0.3) is 5.91 Å². The van der Waals surface area contributed by atoms with Gasteiger partial charge in [0.05, 0.1) is 24.1 Å². The Labute approximate surface area is 100 Å². The van der Waals surface area contributed by atoms with Crippen LogP contribution in [0.5, 0.6) is 5.75 Å². The summed E-state index contributed by atoms with van der Waals surface area (Å²) in [6.07, 6.45) is 2.42. The summed E-state index contributed by atoms with van der Waals surface area (Å²) in [5.41, 5.74) is 1.44. The largest absolute Gasteiger partial charge is 0.490 e. The highest BCUT2D eigenvalue weighted by Gasteiger charge is 2.22. The predicted molar refractivity (Wildman–Crippen MR) is 62.2 cm³/mol. The van der Waals surface area contributed by atoms with Crippen molar-refractivity contribution < 1.29 is 14.3 Å². The summed E-state index contributed by atoms with van der Waals surface area (Å²) in [5, 5.41) is 2.87. The van der Waals surface area contributed by atoms with E-state index >= 15 is 0 Å². The fourth-order valence-corrected chi connectivity index (χ4v) is 1.80. The van der Waals surface area contributed by atoms with Crippen LogP contribution in [0.15, 0.2) is 12.3 Å². The number of carbonyl (C=O) groups is 1. The van der Waals surface area contributed by atoms with Gasteiger partial charge in [-0.3, -0.25) is 9.78 Å². The van der Waals surface area contributed by atoms with Gasteiger partial charge in [0.2, 0.25) is 0 Å². The lowest BCUT2D eigenvalue weighted by Gasteiger charge is -2.21. The Kier molecular flexibility index (Phi) is 3.58. The zero-order chi connectivity index (χ0) is 12.3. The molecule has 2 rings (SSSR count). The maximum Gasteiger partial charge on any atom is 0.253 e. The molecule has 0 spiro atoms. The highest BCUT2D eigenvalue weighted by atomic mass is 16.5. The number of methoxy groups -OCH3 is 1. The van der Waals surface area contributed by atoms with E-state index in [4.69, 9.17) is 9.47 Å². The minimum atomic E-state index is -0.0801. The average Bonchev–Trinajstić information content (AvgIpc) is 2.30. The normalized spacial score (nSPS) is 18.5. The third-order valence-electron chi connectivity index (χ3n) is 2.62. The summed E-state index contributed by atoms with van der Waals surface area (Å²) < 4.78 is 10.3. The van der Waals surface area contributed by atoms with Crippen LogP contribution in [0.1, 0.15) is 23.0 Å². The molecular formula is C12H16N2O3. The van der Waals surface area contributed by atoms with E-state index in [0.29, 0.717) is 24.5 Å². The van der Waals surface area contributed by atoms with E-state index in [0.717, 1.165) is 12.1 Å². The first-order chi connectivity index (χ1) is 8.20. The standard InChI is InChI=1S/C12H16N2O3/c1-8-5-11-10(12(15)14-8)6-9(7-13-11)17-4-3-16-2/h6-8H,3-5H2,1-2H3,(H,14,15). The van der Waals surface area contributed by atoms with Gasteiger partial charge in [-0.25, -0.2) is 0 Å². The predicted octanol–water partition coefficient (Wildman–Crippen LogP) is 0.781. The van der Waals surface area contributed by atoms with Gasteiger partial charge >= 0.3 is 0 Å². The molecule has 0 bridgehead atoms. The number of nitrogens with zero attached hydrogens (tertiary/aromatic N) is 1. The Morgan fingerprint density at radius 1 is 1.53 bits per heavy atom. The molecule has 0 saturated heterocycles. The van der Waals surface area contributed by atoms with Crippen molar-refractivity contribution in [2.45, 2.75) is 19.4 Å². The van der Waals surface area contributed by atoms with E-state index in [-0.39, 0.29) is 11.9 Å².